The van der Waals surface area contributed by atoms with Gasteiger partial charge in [0.2, 0.25) is 0 Å². The molecule has 2 atom stereocenters. The Morgan fingerprint density at radius 2 is 2.18 bits per heavy atom. The third-order valence-electron chi connectivity index (χ3n) is 3.71. The van der Waals surface area contributed by atoms with Gasteiger partial charge in [-0.3, -0.25) is 9.97 Å². The van der Waals surface area contributed by atoms with Crippen molar-refractivity contribution < 1.29 is 0 Å². The maximum atomic E-state index is 4.49. The van der Waals surface area contributed by atoms with Crippen LogP contribution in [0.1, 0.15) is 50.6 Å². The molecule has 2 unspecified atom stereocenters. The fourth-order valence-electron chi connectivity index (χ4n) is 2.81. The lowest BCUT2D eigenvalue weighted by molar-refractivity contribution is 0.291. The summed E-state index contributed by atoms with van der Waals surface area (Å²) >= 11 is 0. The zero-order chi connectivity index (χ0) is 11.9. The number of hydrogen-bond donors (Lipinski definition) is 1. The Morgan fingerprint density at radius 3 is 2.94 bits per heavy atom. The van der Waals surface area contributed by atoms with E-state index in [9.17, 15) is 0 Å². The highest BCUT2D eigenvalue weighted by Gasteiger charge is 2.27. The molecule has 0 aliphatic heterocycles. The van der Waals surface area contributed by atoms with E-state index in [1.165, 1.54) is 37.8 Å². The van der Waals surface area contributed by atoms with Gasteiger partial charge < -0.3 is 5.32 Å². The van der Waals surface area contributed by atoms with E-state index in [1.807, 2.05) is 12.4 Å². The fraction of sp³-hybridized carbons (Fsp3) is 0.714. The number of hydrogen-bond acceptors (Lipinski definition) is 3. The molecule has 0 radical (unpaired) electrons. The first-order chi connectivity index (χ1) is 8.42. The van der Waals surface area contributed by atoms with E-state index in [0.717, 1.165) is 19.0 Å². The monoisotopic (exact) mass is 233 g/mol. The number of nitrogens with zero attached hydrogens (tertiary/aromatic N) is 2. The van der Waals surface area contributed by atoms with Gasteiger partial charge in [0.1, 0.15) is 0 Å². The van der Waals surface area contributed by atoms with Crippen molar-refractivity contribution in [3.05, 3.63) is 24.3 Å². The van der Waals surface area contributed by atoms with Crippen molar-refractivity contribution in [2.75, 3.05) is 13.1 Å². The van der Waals surface area contributed by atoms with Crippen LogP contribution in [0.25, 0.3) is 0 Å². The van der Waals surface area contributed by atoms with Gasteiger partial charge >= 0.3 is 0 Å². The molecule has 1 aliphatic rings. The normalized spacial score (nSPS) is 24.8. The maximum absolute atomic E-state index is 4.49. The lowest BCUT2D eigenvalue weighted by Crippen LogP contribution is -2.30. The lowest BCUT2D eigenvalue weighted by atomic mass is 9.77. The lowest BCUT2D eigenvalue weighted by Gasteiger charge is -2.31. The van der Waals surface area contributed by atoms with E-state index < -0.39 is 0 Å². The summed E-state index contributed by atoms with van der Waals surface area (Å²) in [6, 6.07) is 0. The zero-order valence-corrected chi connectivity index (χ0v) is 10.7. The van der Waals surface area contributed by atoms with Crippen LogP contribution in [-0.2, 0) is 0 Å². The van der Waals surface area contributed by atoms with E-state index in [2.05, 4.69) is 22.2 Å². The van der Waals surface area contributed by atoms with Gasteiger partial charge in [0, 0.05) is 24.5 Å². The highest BCUT2D eigenvalue weighted by atomic mass is 14.9. The molecule has 1 heterocycles. The van der Waals surface area contributed by atoms with Crippen LogP contribution in [-0.4, -0.2) is 23.1 Å². The minimum absolute atomic E-state index is 0.613. The van der Waals surface area contributed by atoms with Gasteiger partial charge in [0.15, 0.2) is 0 Å². The molecule has 94 valence electrons. The molecular formula is C14H23N3. The summed E-state index contributed by atoms with van der Waals surface area (Å²) in [6.07, 6.45) is 12.1. The molecular weight excluding hydrogens is 210 g/mol. The minimum atomic E-state index is 0.613. The highest BCUT2D eigenvalue weighted by molar-refractivity contribution is 5.06. The molecule has 0 amide bonds. The van der Waals surface area contributed by atoms with Gasteiger partial charge in [-0.15, -0.1) is 0 Å². The van der Waals surface area contributed by atoms with Crippen molar-refractivity contribution in [2.45, 2.75) is 44.9 Å². The van der Waals surface area contributed by atoms with Gasteiger partial charge in [0.25, 0.3) is 0 Å². The standard InChI is InChI=1S/C14H23N3/c1-2-7-15-10-12-5-3-4-6-13(12)14-11-16-8-9-17-14/h8-9,11-13,15H,2-7,10H2,1H3. The third kappa shape index (κ3) is 3.50. The molecule has 3 nitrogen and oxygen atoms in total. The fourth-order valence-corrected chi connectivity index (χ4v) is 2.81. The molecule has 0 bridgehead atoms. The Labute approximate surface area is 104 Å². The van der Waals surface area contributed by atoms with Crippen molar-refractivity contribution in [1.82, 2.24) is 15.3 Å². The van der Waals surface area contributed by atoms with Crippen molar-refractivity contribution >= 4 is 0 Å². The first kappa shape index (κ1) is 12.5. The Hall–Kier alpha value is -0.960. The van der Waals surface area contributed by atoms with E-state index >= 15 is 0 Å². The summed E-state index contributed by atoms with van der Waals surface area (Å²) in [4.78, 5) is 8.70. The van der Waals surface area contributed by atoms with E-state index in [1.54, 1.807) is 6.20 Å². The molecule has 0 spiro atoms. The average Bonchev–Trinajstić information content (AvgIpc) is 2.41. The Bertz CT molecular complexity index is 313. The van der Waals surface area contributed by atoms with Crippen LogP contribution >= 0.6 is 0 Å². The van der Waals surface area contributed by atoms with Crippen molar-refractivity contribution in [2.24, 2.45) is 5.92 Å². The second-order valence-corrected chi connectivity index (χ2v) is 4.99. The van der Waals surface area contributed by atoms with Gasteiger partial charge in [-0.1, -0.05) is 19.8 Å². The Kier molecular flexibility index (Phi) is 4.92. The van der Waals surface area contributed by atoms with Gasteiger partial charge in [-0.25, -0.2) is 0 Å². The second kappa shape index (κ2) is 6.70. The van der Waals surface area contributed by atoms with Crippen LogP contribution in [0.3, 0.4) is 0 Å². The summed E-state index contributed by atoms with van der Waals surface area (Å²) in [5.41, 5.74) is 1.19. The largest absolute Gasteiger partial charge is 0.316 e. The summed E-state index contributed by atoms with van der Waals surface area (Å²) in [6.45, 7) is 4.48. The Morgan fingerprint density at radius 1 is 1.29 bits per heavy atom. The van der Waals surface area contributed by atoms with Crippen LogP contribution in [0.2, 0.25) is 0 Å². The van der Waals surface area contributed by atoms with Gasteiger partial charge in [-0.2, -0.15) is 0 Å². The molecule has 1 N–H and O–H groups in total. The Balaban J connectivity index is 1.97. The van der Waals surface area contributed by atoms with Crippen LogP contribution in [0.5, 0.6) is 0 Å². The predicted molar refractivity (Wildman–Crippen MR) is 69.9 cm³/mol. The molecule has 17 heavy (non-hydrogen) atoms. The molecule has 1 saturated carbocycles. The summed E-state index contributed by atoms with van der Waals surface area (Å²) in [7, 11) is 0. The minimum Gasteiger partial charge on any atom is -0.316 e. The van der Waals surface area contributed by atoms with Crippen LogP contribution in [0.4, 0.5) is 0 Å². The van der Waals surface area contributed by atoms with Gasteiger partial charge in [-0.05, 0) is 38.3 Å². The first-order valence-electron chi connectivity index (χ1n) is 6.88. The topological polar surface area (TPSA) is 37.8 Å². The van der Waals surface area contributed by atoms with E-state index in [0.29, 0.717) is 5.92 Å². The van der Waals surface area contributed by atoms with Crippen LogP contribution in [0.15, 0.2) is 18.6 Å². The molecule has 1 fully saturated rings. The average molecular weight is 233 g/mol. The molecule has 3 heteroatoms. The van der Waals surface area contributed by atoms with Crippen molar-refractivity contribution in [1.29, 1.82) is 0 Å². The number of aromatic nitrogens is 2. The van der Waals surface area contributed by atoms with E-state index in [4.69, 9.17) is 0 Å². The second-order valence-electron chi connectivity index (χ2n) is 4.99. The van der Waals surface area contributed by atoms with Crippen LogP contribution in [0, 0.1) is 5.92 Å². The SMILES string of the molecule is CCCNCC1CCCCC1c1cnccn1. The predicted octanol–water partition coefficient (Wildman–Crippen LogP) is 2.75. The third-order valence-corrected chi connectivity index (χ3v) is 3.71. The molecule has 1 aromatic heterocycles. The molecule has 0 aromatic carbocycles. The quantitative estimate of drug-likeness (QED) is 0.795. The van der Waals surface area contributed by atoms with Crippen molar-refractivity contribution in [3.8, 4) is 0 Å². The van der Waals surface area contributed by atoms with E-state index in [-0.39, 0.29) is 0 Å². The van der Waals surface area contributed by atoms with Crippen LogP contribution < -0.4 is 5.32 Å². The smallest absolute Gasteiger partial charge is 0.0620 e. The number of rotatable bonds is 5. The highest BCUT2D eigenvalue weighted by Crippen LogP contribution is 2.36. The zero-order valence-electron chi connectivity index (χ0n) is 10.7. The maximum Gasteiger partial charge on any atom is 0.0620 e. The molecule has 0 saturated heterocycles. The van der Waals surface area contributed by atoms with Crippen molar-refractivity contribution in [3.63, 3.8) is 0 Å². The summed E-state index contributed by atoms with van der Waals surface area (Å²) in [5.74, 6) is 1.36. The summed E-state index contributed by atoms with van der Waals surface area (Å²) < 4.78 is 0. The first-order valence-corrected chi connectivity index (χ1v) is 6.88. The summed E-state index contributed by atoms with van der Waals surface area (Å²) in [5, 5.41) is 3.56. The molecule has 1 aliphatic carbocycles. The van der Waals surface area contributed by atoms with Gasteiger partial charge in [0.05, 0.1) is 5.69 Å². The molecule has 2 rings (SSSR count). The molecule has 1 aromatic rings. The number of nitrogens with one attached hydrogen (secondary N) is 1.